The molecule has 4 aromatic rings. The molecule has 12 heteroatoms. The number of benzene rings is 2. The molecule has 0 aliphatic heterocycles. The Kier molecular flexibility index (Phi) is 7.99. The van der Waals surface area contributed by atoms with Crippen molar-refractivity contribution in [3.05, 3.63) is 59.0 Å². The average Bonchev–Trinajstić information content (AvgIpc) is 3.50. The Morgan fingerprint density at radius 1 is 1.18 bits per heavy atom. The highest BCUT2D eigenvalue weighted by molar-refractivity contribution is 6.32. The number of ether oxygens (including phenoxy) is 1. The summed E-state index contributed by atoms with van der Waals surface area (Å²) in [5, 5.41) is 11.1. The summed E-state index contributed by atoms with van der Waals surface area (Å²) in [7, 11) is 0. The second-order valence-electron chi connectivity index (χ2n) is 9.90. The molecule has 0 spiro atoms. The quantitative estimate of drug-likeness (QED) is 0.196. The van der Waals surface area contributed by atoms with Crippen LogP contribution in [0.2, 0.25) is 5.15 Å². The molecule has 0 saturated heterocycles. The normalized spacial score (nSPS) is 18.4. The molecule has 39 heavy (non-hydrogen) atoms. The van der Waals surface area contributed by atoms with E-state index in [1.54, 1.807) is 12.1 Å². The van der Waals surface area contributed by atoms with Crippen molar-refractivity contribution in [1.29, 1.82) is 0 Å². The summed E-state index contributed by atoms with van der Waals surface area (Å²) in [6.07, 6.45) is 3.61. The molecule has 5 rings (SSSR count). The monoisotopic (exact) mass is 557 g/mol. The zero-order valence-electron chi connectivity index (χ0n) is 21.1. The summed E-state index contributed by atoms with van der Waals surface area (Å²) in [6, 6.07) is 11.3. The van der Waals surface area contributed by atoms with Crippen LogP contribution in [-0.2, 0) is 11.2 Å². The number of rotatable bonds is 9. The third-order valence-electron chi connectivity index (χ3n) is 7.30. The Balaban J connectivity index is 1.43. The number of imidazole rings is 1. The van der Waals surface area contributed by atoms with Crippen molar-refractivity contribution < 1.29 is 18.3 Å². The van der Waals surface area contributed by atoms with Gasteiger partial charge in [0, 0.05) is 23.3 Å². The van der Waals surface area contributed by atoms with Gasteiger partial charge in [-0.2, -0.15) is 13.9 Å². The first-order chi connectivity index (χ1) is 18.8. The molecule has 0 bridgehead atoms. The Bertz CT molecular complexity index is 1450. The van der Waals surface area contributed by atoms with Crippen molar-refractivity contribution in [3.63, 3.8) is 0 Å². The highest BCUT2D eigenvalue weighted by Gasteiger charge is 2.29. The van der Waals surface area contributed by atoms with E-state index >= 15 is 0 Å². The van der Waals surface area contributed by atoms with Crippen LogP contribution in [0.1, 0.15) is 43.1 Å². The fraction of sp³-hybridized carbons (Fsp3) is 0.370. The maximum atomic E-state index is 13.3. The molecule has 2 aromatic heterocycles. The molecule has 1 unspecified atom stereocenters. The maximum Gasteiger partial charge on any atom is 0.387 e. The van der Waals surface area contributed by atoms with Crippen LogP contribution in [0, 0.1) is 11.8 Å². The lowest BCUT2D eigenvalue weighted by atomic mass is 9.81. The Morgan fingerprint density at radius 3 is 2.72 bits per heavy atom. The van der Waals surface area contributed by atoms with E-state index in [1.165, 1.54) is 12.1 Å². The molecular weight excluding hydrogens is 528 g/mol. The minimum Gasteiger partial charge on any atom is -0.435 e. The molecule has 1 aliphatic carbocycles. The summed E-state index contributed by atoms with van der Waals surface area (Å²) < 4.78 is 30.1. The van der Waals surface area contributed by atoms with E-state index < -0.39 is 12.7 Å². The number of carbonyl (C=O) groups excluding carboxylic acids is 1. The number of nitrogen functional groups attached to an aromatic ring is 1. The molecule has 1 fully saturated rings. The summed E-state index contributed by atoms with van der Waals surface area (Å²) in [5.41, 5.74) is 14.4. The van der Waals surface area contributed by atoms with E-state index in [0.717, 1.165) is 42.1 Å². The molecule has 1 amide bonds. The predicted octanol–water partition coefficient (Wildman–Crippen LogP) is 4.96. The average molecular weight is 558 g/mol. The Morgan fingerprint density at radius 2 is 1.97 bits per heavy atom. The van der Waals surface area contributed by atoms with Gasteiger partial charge in [0.2, 0.25) is 5.91 Å². The number of aromatic amines is 2. The van der Waals surface area contributed by atoms with Gasteiger partial charge in [-0.05, 0) is 68.0 Å². The first-order valence-electron chi connectivity index (χ1n) is 12.8. The van der Waals surface area contributed by atoms with Gasteiger partial charge in [0.15, 0.2) is 5.82 Å². The van der Waals surface area contributed by atoms with Crippen molar-refractivity contribution in [2.45, 2.75) is 44.8 Å². The van der Waals surface area contributed by atoms with E-state index in [-0.39, 0.29) is 24.0 Å². The Labute approximate surface area is 228 Å². The van der Waals surface area contributed by atoms with Crippen LogP contribution in [0.5, 0.6) is 5.75 Å². The molecular formula is C27H30ClF2N7O2. The fourth-order valence-electron chi connectivity index (χ4n) is 5.16. The van der Waals surface area contributed by atoms with Crippen molar-refractivity contribution in [1.82, 2.24) is 25.5 Å². The number of anilines is 1. The van der Waals surface area contributed by atoms with Crippen molar-refractivity contribution in [3.8, 4) is 17.0 Å². The second-order valence-corrected chi connectivity index (χ2v) is 10.3. The van der Waals surface area contributed by atoms with E-state index in [0.29, 0.717) is 40.5 Å². The number of carbonyl (C=O) groups is 1. The van der Waals surface area contributed by atoms with Crippen LogP contribution in [0.3, 0.4) is 0 Å². The molecule has 0 radical (unpaired) electrons. The van der Waals surface area contributed by atoms with Gasteiger partial charge in [-0.25, -0.2) is 4.98 Å². The molecule has 2 heterocycles. The van der Waals surface area contributed by atoms with Crippen LogP contribution in [0.25, 0.3) is 22.2 Å². The third-order valence-corrected chi connectivity index (χ3v) is 7.58. The van der Waals surface area contributed by atoms with Crippen LogP contribution in [0.4, 0.5) is 14.6 Å². The maximum absolute atomic E-state index is 13.3. The predicted molar refractivity (Wildman–Crippen MR) is 145 cm³/mol. The number of halogens is 3. The lowest BCUT2D eigenvalue weighted by molar-refractivity contribution is -0.127. The number of amides is 1. The number of hydrogen-bond donors (Lipinski definition) is 5. The van der Waals surface area contributed by atoms with Crippen LogP contribution >= 0.6 is 11.6 Å². The molecule has 2 aromatic carbocycles. The van der Waals surface area contributed by atoms with Crippen LogP contribution in [-0.4, -0.2) is 39.2 Å². The largest absolute Gasteiger partial charge is 0.435 e. The molecule has 9 nitrogen and oxygen atoms in total. The van der Waals surface area contributed by atoms with Gasteiger partial charge in [0.05, 0.1) is 11.6 Å². The van der Waals surface area contributed by atoms with E-state index in [9.17, 15) is 13.6 Å². The van der Waals surface area contributed by atoms with E-state index in [1.807, 2.05) is 18.2 Å². The van der Waals surface area contributed by atoms with Gasteiger partial charge in [0.25, 0.3) is 0 Å². The number of fused-ring (bicyclic) bond motifs is 1. The first-order valence-corrected chi connectivity index (χ1v) is 13.2. The molecule has 206 valence electrons. The van der Waals surface area contributed by atoms with E-state index in [2.05, 4.69) is 25.2 Å². The van der Waals surface area contributed by atoms with Crippen molar-refractivity contribution in [2.24, 2.45) is 17.6 Å². The number of alkyl halides is 2. The third kappa shape index (κ3) is 6.15. The highest BCUT2D eigenvalue weighted by atomic mass is 35.5. The summed E-state index contributed by atoms with van der Waals surface area (Å²) in [6.45, 7) is -2.31. The van der Waals surface area contributed by atoms with Gasteiger partial charge in [-0.3, -0.25) is 9.89 Å². The number of nitrogens with zero attached hydrogens (tertiary/aromatic N) is 2. The van der Waals surface area contributed by atoms with Gasteiger partial charge >= 0.3 is 6.61 Å². The summed E-state index contributed by atoms with van der Waals surface area (Å²) in [5.74, 6) is 1.10. The second kappa shape index (κ2) is 11.6. The van der Waals surface area contributed by atoms with Crippen molar-refractivity contribution >= 4 is 34.2 Å². The van der Waals surface area contributed by atoms with Gasteiger partial charge < -0.3 is 26.5 Å². The van der Waals surface area contributed by atoms with E-state index in [4.69, 9.17) is 28.1 Å². The smallest absolute Gasteiger partial charge is 0.387 e. The zero-order chi connectivity index (χ0) is 27.5. The molecule has 1 saturated carbocycles. The molecule has 1 aliphatic rings. The lowest BCUT2D eigenvalue weighted by Crippen LogP contribution is -2.37. The SMILES string of the molecule is NC[C@H]1CC[C@H](C(=O)NC(Cc2cccc(OC(F)F)c2)c2nc(-c3ccc4c(N)n[nH]c4c3)c(Cl)[nH]2)CC1. The molecule has 1 atom stereocenters. The standard InChI is InChI=1S/C27H30ClF2N7O2/c28-23-22(17-8-9-19-20(12-17)36-37-24(19)32)34-25(35-23)21(11-15-2-1-3-18(10-15)39-27(29)30)33-26(38)16-6-4-14(13-31)5-7-16/h1-3,8-10,12,14,16,21,27H,4-7,11,13,31H2,(H,33,38)(H,34,35)(H3,32,36,37)/t14-,16-,21?. The lowest BCUT2D eigenvalue weighted by Gasteiger charge is -2.28. The van der Waals surface area contributed by atoms with Gasteiger partial charge in [-0.15, -0.1) is 0 Å². The van der Waals surface area contributed by atoms with Crippen LogP contribution in [0.15, 0.2) is 42.5 Å². The zero-order valence-corrected chi connectivity index (χ0v) is 21.8. The van der Waals surface area contributed by atoms with Crippen LogP contribution < -0.4 is 21.5 Å². The van der Waals surface area contributed by atoms with Gasteiger partial charge in [-0.1, -0.05) is 29.8 Å². The minimum absolute atomic E-state index is 0.0398. The number of H-pyrrole nitrogens is 2. The Hall–Kier alpha value is -3.70. The number of hydrogen-bond acceptors (Lipinski definition) is 6. The first kappa shape index (κ1) is 26.9. The summed E-state index contributed by atoms with van der Waals surface area (Å²) in [4.78, 5) is 21.2. The topological polar surface area (TPSA) is 148 Å². The molecule has 7 N–H and O–H groups in total. The van der Waals surface area contributed by atoms with Crippen molar-refractivity contribution in [2.75, 3.05) is 12.3 Å². The van der Waals surface area contributed by atoms with Gasteiger partial charge in [0.1, 0.15) is 22.4 Å². The number of nitrogens with one attached hydrogen (secondary N) is 3. The highest BCUT2D eigenvalue weighted by Crippen LogP contribution is 2.33. The fourth-order valence-corrected chi connectivity index (χ4v) is 5.41. The number of nitrogens with two attached hydrogens (primary N) is 2. The number of aromatic nitrogens is 4. The minimum atomic E-state index is -2.94. The summed E-state index contributed by atoms with van der Waals surface area (Å²) >= 11 is 6.59.